The number of carbonyl (C=O) groups is 1. The van der Waals surface area contributed by atoms with Crippen LogP contribution in [-0.4, -0.2) is 30.3 Å². The van der Waals surface area contributed by atoms with Crippen molar-refractivity contribution in [3.8, 4) is 0 Å². The van der Waals surface area contributed by atoms with Gasteiger partial charge in [-0.05, 0) is 32.1 Å². The second-order valence-corrected chi connectivity index (χ2v) is 5.32. The Hall–Kier alpha value is -0.770. The van der Waals surface area contributed by atoms with Crippen molar-refractivity contribution in [1.29, 1.82) is 0 Å². The monoisotopic (exact) mass is 226 g/mol. The molecule has 4 nitrogen and oxygen atoms in total. The molecule has 3 N–H and O–H groups in total. The molecule has 0 aromatic heterocycles. The maximum absolute atomic E-state index is 11.6. The predicted octanol–water partition coefficient (Wildman–Crippen LogP) is 1.39. The molecule has 0 unspecified atom stereocenters. The largest absolute Gasteiger partial charge is 0.396 e. The molecule has 0 spiro atoms. The average Bonchev–Trinajstić information content (AvgIpc) is 2.70. The number of hydrogen-bond acceptors (Lipinski definition) is 2. The molecule has 0 heterocycles. The summed E-state index contributed by atoms with van der Waals surface area (Å²) >= 11 is 0. The fourth-order valence-corrected chi connectivity index (χ4v) is 2.57. The van der Waals surface area contributed by atoms with E-state index in [1.54, 1.807) is 0 Å². The standard InChI is InChI=1S/C12H22N2O2/c15-9-12(6-1-2-7-12)8-13-11(16)14-10-4-3-5-10/h10,15H,1-9H2,(H2,13,14,16). The van der Waals surface area contributed by atoms with Gasteiger partial charge in [-0.3, -0.25) is 0 Å². The van der Waals surface area contributed by atoms with E-state index in [1.165, 1.54) is 19.3 Å². The number of carbonyl (C=O) groups excluding carboxylic acids is 1. The van der Waals surface area contributed by atoms with Gasteiger partial charge in [-0.2, -0.15) is 0 Å². The summed E-state index contributed by atoms with van der Waals surface area (Å²) < 4.78 is 0. The van der Waals surface area contributed by atoms with Gasteiger partial charge in [0.2, 0.25) is 0 Å². The second-order valence-electron chi connectivity index (χ2n) is 5.32. The van der Waals surface area contributed by atoms with E-state index in [0.717, 1.165) is 25.7 Å². The van der Waals surface area contributed by atoms with Crippen LogP contribution in [0.15, 0.2) is 0 Å². The first-order valence-corrected chi connectivity index (χ1v) is 6.39. The number of aliphatic hydroxyl groups is 1. The molecule has 0 aromatic rings. The van der Waals surface area contributed by atoms with Crippen LogP contribution >= 0.6 is 0 Å². The molecule has 2 rings (SSSR count). The summed E-state index contributed by atoms with van der Waals surface area (Å²) in [5.41, 5.74) is -0.0447. The molecule has 2 saturated carbocycles. The van der Waals surface area contributed by atoms with E-state index in [-0.39, 0.29) is 18.1 Å². The van der Waals surface area contributed by atoms with Crippen molar-refractivity contribution < 1.29 is 9.90 Å². The quantitative estimate of drug-likeness (QED) is 0.678. The lowest BCUT2D eigenvalue weighted by molar-refractivity contribution is 0.129. The zero-order valence-electron chi connectivity index (χ0n) is 9.80. The van der Waals surface area contributed by atoms with E-state index in [9.17, 15) is 9.90 Å². The first-order valence-electron chi connectivity index (χ1n) is 6.39. The maximum atomic E-state index is 11.6. The van der Waals surface area contributed by atoms with Crippen molar-refractivity contribution >= 4 is 6.03 Å². The summed E-state index contributed by atoms with van der Waals surface area (Å²) in [6.45, 7) is 0.804. The van der Waals surface area contributed by atoms with Gasteiger partial charge in [0, 0.05) is 18.0 Å². The van der Waals surface area contributed by atoms with Crippen molar-refractivity contribution in [2.75, 3.05) is 13.2 Å². The molecule has 0 radical (unpaired) electrons. The first kappa shape index (κ1) is 11.7. The van der Waals surface area contributed by atoms with Gasteiger partial charge < -0.3 is 15.7 Å². The van der Waals surface area contributed by atoms with Crippen molar-refractivity contribution in [2.45, 2.75) is 51.0 Å². The zero-order chi connectivity index (χ0) is 11.4. The van der Waals surface area contributed by atoms with Crippen LogP contribution in [0.3, 0.4) is 0 Å². The Balaban J connectivity index is 1.70. The van der Waals surface area contributed by atoms with Gasteiger partial charge in [0.1, 0.15) is 0 Å². The Labute approximate surface area is 96.8 Å². The molecule has 2 amide bonds. The highest BCUT2D eigenvalue weighted by molar-refractivity contribution is 5.74. The average molecular weight is 226 g/mol. The Kier molecular flexibility index (Phi) is 3.69. The van der Waals surface area contributed by atoms with E-state index >= 15 is 0 Å². The maximum Gasteiger partial charge on any atom is 0.315 e. The molecule has 2 aliphatic carbocycles. The highest BCUT2D eigenvalue weighted by atomic mass is 16.3. The smallest absolute Gasteiger partial charge is 0.315 e. The number of amides is 2. The topological polar surface area (TPSA) is 61.4 Å². The molecule has 0 aliphatic heterocycles. The minimum absolute atomic E-state index is 0.0447. The van der Waals surface area contributed by atoms with Crippen molar-refractivity contribution in [3.05, 3.63) is 0 Å². The summed E-state index contributed by atoms with van der Waals surface area (Å²) in [5.74, 6) is 0. The van der Waals surface area contributed by atoms with Crippen LogP contribution in [0.5, 0.6) is 0 Å². The van der Waals surface area contributed by atoms with E-state index in [2.05, 4.69) is 10.6 Å². The highest BCUT2D eigenvalue weighted by Gasteiger charge is 2.33. The van der Waals surface area contributed by atoms with Crippen LogP contribution < -0.4 is 10.6 Å². The molecule has 16 heavy (non-hydrogen) atoms. The van der Waals surface area contributed by atoms with Crippen LogP contribution in [0, 0.1) is 5.41 Å². The van der Waals surface area contributed by atoms with Crippen molar-refractivity contribution in [3.63, 3.8) is 0 Å². The van der Waals surface area contributed by atoms with E-state index in [4.69, 9.17) is 0 Å². The minimum atomic E-state index is -0.0653. The number of urea groups is 1. The summed E-state index contributed by atoms with van der Waals surface area (Å²) in [4.78, 5) is 11.6. The van der Waals surface area contributed by atoms with Gasteiger partial charge in [0.25, 0.3) is 0 Å². The third-order valence-electron chi connectivity index (χ3n) is 4.06. The summed E-state index contributed by atoms with van der Waals surface area (Å²) in [5, 5.41) is 15.3. The van der Waals surface area contributed by atoms with Crippen molar-refractivity contribution in [1.82, 2.24) is 10.6 Å². The summed E-state index contributed by atoms with van der Waals surface area (Å²) in [7, 11) is 0. The molecule has 0 aromatic carbocycles. The first-order chi connectivity index (χ1) is 7.74. The predicted molar refractivity (Wildman–Crippen MR) is 62.2 cm³/mol. The van der Waals surface area contributed by atoms with E-state index in [0.29, 0.717) is 12.6 Å². The molecule has 0 saturated heterocycles. The number of aliphatic hydroxyl groups excluding tert-OH is 1. The lowest BCUT2D eigenvalue weighted by atomic mass is 9.87. The lowest BCUT2D eigenvalue weighted by Gasteiger charge is -2.29. The van der Waals surface area contributed by atoms with Gasteiger partial charge in [-0.25, -0.2) is 4.79 Å². The van der Waals surface area contributed by atoms with Crippen LogP contribution in [0.1, 0.15) is 44.9 Å². The fraction of sp³-hybridized carbons (Fsp3) is 0.917. The molecule has 4 heteroatoms. The van der Waals surface area contributed by atoms with E-state index < -0.39 is 0 Å². The molecular weight excluding hydrogens is 204 g/mol. The lowest BCUT2D eigenvalue weighted by Crippen LogP contribution is -2.48. The molecule has 0 bridgehead atoms. The number of hydrogen-bond donors (Lipinski definition) is 3. The Morgan fingerprint density at radius 3 is 2.44 bits per heavy atom. The minimum Gasteiger partial charge on any atom is -0.396 e. The SMILES string of the molecule is O=C(NCC1(CO)CCCC1)NC1CCC1. The zero-order valence-corrected chi connectivity index (χ0v) is 9.80. The van der Waals surface area contributed by atoms with Gasteiger partial charge in [0.05, 0.1) is 6.61 Å². The van der Waals surface area contributed by atoms with Gasteiger partial charge in [-0.15, -0.1) is 0 Å². The highest BCUT2D eigenvalue weighted by Crippen LogP contribution is 2.36. The number of nitrogens with one attached hydrogen (secondary N) is 2. The fourth-order valence-electron chi connectivity index (χ4n) is 2.57. The summed E-state index contributed by atoms with van der Waals surface area (Å²) in [6, 6.07) is 0.318. The number of rotatable bonds is 4. The molecule has 2 fully saturated rings. The second kappa shape index (κ2) is 5.04. The molecular formula is C12H22N2O2. The van der Waals surface area contributed by atoms with Crippen LogP contribution in [0.25, 0.3) is 0 Å². The van der Waals surface area contributed by atoms with Crippen LogP contribution in [0.4, 0.5) is 4.79 Å². The Morgan fingerprint density at radius 2 is 1.94 bits per heavy atom. The van der Waals surface area contributed by atoms with Gasteiger partial charge >= 0.3 is 6.03 Å². The van der Waals surface area contributed by atoms with E-state index in [1.807, 2.05) is 0 Å². The van der Waals surface area contributed by atoms with Crippen LogP contribution in [0.2, 0.25) is 0 Å². The molecule has 92 valence electrons. The summed E-state index contributed by atoms with van der Waals surface area (Å²) in [6.07, 6.45) is 7.86. The third kappa shape index (κ3) is 2.67. The van der Waals surface area contributed by atoms with Crippen LogP contribution in [-0.2, 0) is 0 Å². The van der Waals surface area contributed by atoms with Gasteiger partial charge in [0.15, 0.2) is 0 Å². The van der Waals surface area contributed by atoms with Crippen molar-refractivity contribution in [2.24, 2.45) is 5.41 Å². The Bertz CT molecular complexity index is 245. The Morgan fingerprint density at radius 1 is 1.25 bits per heavy atom. The normalized spacial score (nSPS) is 23.8. The van der Waals surface area contributed by atoms with Gasteiger partial charge in [-0.1, -0.05) is 12.8 Å². The molecule has 2 aliphatic rings. The molecule has 0 atom stereocenters. The third-order valence-corrected chi connectivity index (χ3v) is 4.06.